The number of ether oxygens (including phenoxy) is 23. The van der Waals surface area contributed by atoms with Crippen LogP contribution in [0.1, 0.15) is 138 Å². The predicted molar refractivity (Wildman–Crippen MR) is 344 cm³/mol. The van der Waals surface area contributed by atoms with Gasteiger partial charge in [-0.15, -0.1) is 11.6 Å². The van der Waals surface area contributed by atoms with E-state index in [2.05, 4.69) is 0 Å². The molecule has 6 aliphatic rings. The zero-order chi connectivity index (χ0) is 76.6. The standard InChI is InChI=1S/C68H103ClO34/c1-20-46-30(4)52(87-35(9)70)59(94-42(16)77)65(98-46)84-25-49-32(6)55(90-38(12)73)61(96-44(18)79)67(102-49)86-27-51-34(8)56(91-39(13)74)62(97-45(19)80)68(103-51)85-26-50-33(7)54(89-37(11)72)60(95-43(17)78)66(101-50)83-23-47-28(2)29(3)57(92-40(14)75)63(99-47)82-24-48-31(5)53(88-36(10)71)58(93-41(15)76)64(100-48)81-22-21-69/h28-34,46-68H,20-27H2,1-19H3/t28-,29-,30+,31+,32+,33+,34+,46+,47?,48?,49?,50?,51?,52-,53-,54-,55-,56-,57+,58+,59+,60+,61+,62+,63+,64+,65+,66+,67+,68+/m0/s1. The van der Waals surface area contributed by atoms with E-state index in [-0.39, 0.29) is 32.3 Å². The van der Waals surface area contributed by atoms with E-state index in [0.717, 1.165) is 41.5 Å². The molecule has 6 saturated heterocycles. The third-order valence-electron chi connectivity index (χ3n) is 18.7. The van der Waals surface area contributed by atoms with Crippen LogP contribution in [0.3, 0.4) is 0 Å². The summed E-state index contributed by atoms with van der Waals surface area (Å²) in [6, 6.07) is 0. The molecule has 0 bridgehead atoms. The van der Waals surface area contributed by atoms with Crippen molar-refractivity contribution < 1.29 is 162 Å². The summed E-state index contributed by atoms with van der Waals surface area (Å²) < 4.78 is 140. The Bertz CT molecular complexity index is 2880. The van der Waals surface area contributed by atoms with Gasteiger partial charge in [-0.3, -0.25) is 52.7 Å². The Morgan fingerprint density at radius 3 is 0.631 bits per heavy atom. The maximum Gasteiger partial charge on any atom is 0.303 e. The molecule has 0 saturated carbocycles. The first kappa shape index (κ1) is 85.9. The maximum atomic E-state index is 13.0. The van der Waals surface area contributed by atoms with E-state index in [9.17, 15) is 52.7 Å². The molecule has 5 unspecified atom stereocenters. The molecule has 34 nitrogen and oxygen atoms in total. The van der Waals surface area contributed by atoms with E-state index in [1.54, 1.807) is 41.5 Å². The Morgan fingerprint density at radius 2 is 0.417 bits per heavy atom. The molecule has 0 aromatic carbocycles. The molecule has 30 atom stereocenters. The minimum absolute atomic E-state index is 0.0354. The number of alkyl halides is 1. The molecular formula is C68H103ClO34. The summed E-state index contributed by atoms with van der Waals surface area (Å²) in [6.07, 6.45) is -27.9. The van der Waals surface area contributed by atoms with Gasteiger partial charge in [-0.05, 0) is 12.3 Å². The largest absolute Gasteiger partial charge is 0.458 e. The van der Waals surface area contributed by atoms with Crippen LogP contribution in [-0.4, -0.2) is 253 Å². The molecule has 103 heavy (non-hydrogen) atoms. The smallest absolute Gasteiger partial charge is 0.303 e. The molecule has 35 heteroatoms. The van der Waals surface area contributed by atoms with Crippen LogP contribution >= 0.6 is 11.6 Å². The van der Waals surface area contributed by atoms with Gasteiger partial charge in [0.15, 0.2) is 74.4 Å². The highest BCUT2D eigenvalue weighted by atomic mass is 35.5. The fourth-order valence-corrected chi connectivity index (χ4v) is 13.6. The zero-order valence-corrected chi connectivity index (χ0v) is 62.5. The van der Waals surface area contributed by atoms with Crippen LogP contribution in [0.25, 0.3) is 0 Å². The van der Waals surface area contributed by atoms with E-state index >= 15 is 0 Å². The van der Waals surface area contributed by atoms with E-state index in [0.29, 0.717) is 6.42 Å². The van der Waals surface area contributed by atoms with Gasteiger partial charge in [0.1, 0.15) is 30.5 Å². The Hall–Kier alpha value is -6.02. The molecule has 0 N–H and O–H groups in total. The summed E-state index contributed by atoms with van der Waals surface area (Å²) >= 11 is 5.96. The second-order valence-corrected chi connectivity index (χ2v) is 27.1. The highest BCUT2D eigenvalue weighted by molar-refractivity contribution is 6.18. The van der Waals surface area contributed by atoms with Gasteiger partial charge in [-0.25, -0.2) is 0 Å². The Labute approximate surface area is 603 Å². The highest BCUT2D eigenvalue weighted by Crippen LogP contribution is 2.41. The van der Waals surface area contributed by atoms with E-state index in [1.165, 1.54) is 34.6 Å². The molecule has 0 radical (unpaired) electrons. The lowest BCUT2D eigenvalue weighted by molar-refractivity contribution is -0.342. The number of carbonyl (C=O) groups excluding carboxylic acids is 11. The monoisotopic (exact) mass is 1500 g/mol. The fraction of sp³-hybridized carbons (Fsp3) is 0.838. The average molecular weight is 1500 g/mol. The Kier molecular flexibility index (Phi) is 33.0. The highest BCUT2D eigenvalue weighted by Gasteiger charge is 2.57. The Morgan fingerprint density at radius 1 is 0.243 bits per heavy atom. The molecule has 6 aliphatic heterocycles. The first-order valence-corrected chi connectivity index (χ1v) is 35.1. The number of carbonyl (C=O) groups is 11. The summed E-state index contributed by atoms with van der Waals surface area (Å²) in [6.45, 7) is 24.5. The van der Waals surface area contributed by atoms with Crippen LogP contribution in [0.15, 0.2) is 0 Å². The van der Waals surface area contributed by atoms with Crippen molar-refractivity contribution in [1.82, 2.24) is 0 Å². The summed E-state index contributed by atoms with van der Waals surface area (Å²) in [5.41, 5.74) is 0. The molecule has 6 fully saturated rings. The first-order valence-electron chi connectivity index (χ1n) is 34.5. The lowest BCUT2D eigenvalue weighted by Gasteiger charge is -2.48. The van der Waals surface area contributed by atoms with Crippen molar-refractivity contribution >= 4 is 77.3 Å². The molecule has 0 aliphatic carbocycles. The third-order valence-corrected chi connectivity index (χ3v) is 18.9. The van der Waals surface area contributed by atoms with Crippen LogP contribution < -0.4 is 0 Å². The number of halogens is 1. The van der Waals surface area contributed by atoms with Crippen molar-refractivity contribution in [2.24, 2.45) is 41.4 Å². The number of hydrogen-bond acceptors (Lipinski definition) is 34. The topological polar surface area (TPSA) is 400 Å². The number of esters is 11. The van der Waals surface area contributed by atoms with Gasteiger partial charge >= 0.3 is 65.7 Å². The predicted octanol–water partition coefficient (Wildman–Crippen LogP) is 3.79. The summed E-state index contributed by atoms with van der Waals surface area (Å²) in [4.78, 5) is 140. The molecule has 6 heterocycles. The van der Waals surface area contributed by atoms with Crippen molar-refractivity contribution in [3.05, 3.63) is 0 Å². The molecule has 0 aromatic rings. The van der Waals surface area contributed by atoms with Crippen LogP contribution in [-0.2, 0) is 162 Å². The molecule has 0 amide bonds. The van der Waals surface area contributed by atoms with Gasteiger partial charge < -0.3 is 109 Å². The minimum atomic E-state index is -1.64. The lowest BCUT2D eigenvalue weighted by atomic mass is 9.83. The van der Waals surface area contributed by atoms with Gasteiger partial charge in [0.2, 0.25) is 0 Å². The van der Waals surface area contributed by atoms with E-state index in [4.69, 9.17) is 121 Å². The molecule has 0 spiro atoms. The summed E-state index contributed by atoms with van der Waals surface area (Å²) in [5.74, 6) is -12.9. The number of hydrogen-bond donors (Lipinski definition) is 0. The van der Waals surface area contributed by atoms with Crippen LogP contribution in [0, 0.1) is 41.4 Å². The van der Waals surface area contributed by atoms with Gasteiger partial charge in [0.25, 0.3) is 0 Å². The first-order chi connectivity index (χ1) is 48.4. The van der Waals surface area contributed by atoms with Crippen molar-refractivity contribution in [3.8, 4) is 0 Å². The summed E-state index contributed by atoms with van der Waals surface area (Å²) in [5, 5.41) is 0. The van der Waals surface area contributed by atoms with E-state index in [1.807, 2.05) is 13.8 Å². The van der Waals surface area contributed by atoms with Gasteiger partial charge in [-0.1, -0.05) is 55.4 Å². The average Bonchev–Trinajstić information content (AvgIpc) is 0.793. The van der Waals surface area contributed by atoms with Crippen molar-refractivity contribution in [1.29, 1.82) is 0 Å². The molecule has 6 rings (SSSR count). The van der Waals surface area contributed by atoms with Crippen molar-refractivity contribution in [3.63, 3.8) is 0 Å². The molecular weight excluding hydrogens is 1400 g/mol. The lowest BCUT2D eigenvalue weighted by Crippen LogP contribution is -2.62. The van der Waals surface area contributed by atoms with Crippen LogP contribution in [0.4, 0.5) is 0 Å². The fourth-order valence-electron chi connectivity index (χ4n) is 13.5. The molecule has 586 valence electrons. The van der Waals surface area contributed by atoms with Crippen LogP contribution in [0.5, 0.6) is 0 Å². The maximum absolute atomic E-state index is 13.0. The van der Waals surface area contributed by atoms with Gasteiger partial charge in [0, 0.05) is 118 Å². The van der Waals surface area contributed by atoms with Crippen LogP contribution in [0.2, 0.25) is 0 Å². The third kappa shape index (κ3) is 23.7. The number of rotatable bonds is 30. The zero-order valence-electron chi connectivity index (χ0n) is 61.7. The van der Waals surface area contributed by atoms with Crippen molar-refractivity contribution in [2.75, 3.05) is 45.5 Å². The van der Waals surface area contributed by atoms with E-state index < -0.39 is 262 Å². The molecule has 0 aromatic heterocycles. The van der Waals surface area contributed by atoms with Crippen molar-refractivity contribution in [2.45, 2.75) is 279 Å². The Balaban J connectivity index is 1.27. The minimum Gasteiger partial charge on any atom is -0.458 e. The van der Waals surface area contributed by atoms with Gasteiger partial charge in [0.05, 0.1) is 76.3 Å². The van der Waals surface area contributed by atoms with Gasteiger partial charge in [-0.2, -0.15) is 0 Å². The SMILES string of the molecule is CC[C@H]1O[C@@H](OCC2O[C@@H](OCC3O[C@@H](OCC4O[C@@H](OCC5O[C@@H](OCC6O[C@@H](OCCCl)[C@H](OC(C)=O)[C@@H](OC(C)=O)[C@@H]6C)[C@H](OC(C)=O)[C@@H](C)[C@@H]5C)[C@H](OC(C)=O)[C@@H](OC(C)=O)[C@@H]4C)[C@H](OC(C)=O)[C@@H](OC(C)=O)[C@@H]3C)[C@H](OC(C)=O)[C@@H](OC(C)=O)[C@@H]2C)[C@H](OC(C)=O)[C@@H](OC(C)=O)[C@@H]1C. The normalized spacial score (nSPS) is 38.1. The second kappa shape index (κ2) is 39.5. The summed E-state index contributed by atoms with van der Waals surface area (Å²) in [7, 11) is 0. The quantitative estimate of drug-likeness (QED) is 0.0561. The second-order valence-electron chi connectivity index (χ2n) is 26.7.